The molecule has 1 unspecified atom stereocenters. The van der Waals surface area contributed by atoms with Gasteiger partial charge >= 0.3 is 0 Å². The SMILES string of the molecule is NC(=O)C(c1cccnc1)c1ccc(-c2cccc(O)c2)nc1NCCc1ccccn1. The van der Waals surface area contributed by atoms with E-state index < -0.39 is 11.8 Å². The molecule has 3 heterocycles. The Hall–Kier alpha value is -4.26. The second kappa shape index (κ2) is 9.70. The highest BCUT2D eigenvalue weighted by molar-refractivity contribution is 5.87. The number of carbonyl (C=O) groups excluding carboxylic acids is 1. The summed E-state index contributed by atoms with van der Waals surface area (Å²) < 4.78 is 0. The van der Waals surface area contributed by atoms with Crippen LogP contribution in [0.15, 0.2) is 85.3 Å². The van der Waals surface area contributed by atoms with Crippen LogP contribution in [0.4, 0.5) is 5.82 Å². The van der Waals surface area contributed by atoms with Crippen LogP contribution in [-0.2, 0) is 11.2 Å². The third-order valence-electron chi connectivity index (χ3n) is 5.08. The van der Waals surface area contributed by atoms with Crippen LogP contribution in [0.2, 0.25) is 0 Å². The first-order valence-electron chi connectivity index (χ1n) is 10.2. The molecule has 7 heteroatoms. The van der Waals surface area contributed by atoms with Crippen molar-refractivity contribution in [2.45, 2.75) is 12.3 Å². The van der Waals surface area contributed by atoms with Gasteiger partial charge in [-0.15, -0.1) is 0 Å². The van der Waals surface area contributed by atoms with Gasteiger partial charge in [-0.3, -0.25) is 14.8 Å². The van der Waals surface area contributed by atoms with E-state index in [1.54, 1.807) is 42.9 Å². The maximum Gasteiger partial charge on any atom is 0.229 e. The fraction of sp³-hybridized carbons (Fsp3) is 0.120. The lowest BCUT2D eigenvalue weighted by Crippen LogP contribution is -2.24. The van der Waals surface area contributed by atoms with Crippen molar-refractivity contribution in [1.82, 2.24) is 15.0 Å². The van der Waals surface area contributed by atoms with Crippen molar-refractivity contribution in [3.05, 3.63) is 102 Å². The monoisotopic (exact) mass is 425 g/mol. The van der Waals surface area contributed by atoms with Gasteiger partial charge in [-0.1, -0.05) is 30.3 Å². The number of carbonyl (C=O) groups is 1. The maximum atomic E-state index is 12.4. The number of rotatable bonds is 8. The molecule has 0 saturated carbocycles. The van der Waals surface area contributed by atoms with Crippen LogP contribution in [0.3, 0.4) is 0 Å². The lowest BCUT2D eigenvalue weighted by molar-refractivity contribution is -0.118. The fourth-order valence-electron chi connectivity index (χ4n) is 3.57. The average molecular weight is 425 g/mol. The highest BCUT2D eigenvalue weighted by Gasteiger charge is 2.24. The maximum absolute atomic E-state index is 12.4. The predicted octanol–water partition coefficient (Wildman–Crippen LogP) is 3.52. The minimum absolute atomic E-state index is 0.156. The van der Waals surface area contributed by atoms with Crippen molar-refractivity contribution in [2.75, 3.05) is 11.9 Å². The van der Waals surface area contributed by atoms with Gasteiger partial charge in [0.05, 0.1) is 11.6 Å². The molecule has 7 nitrogen and oxygen atoms in total. The molecule has 32 heavy (non-hydrogen) atoms. The van der Waals surface area contributed by atoms with Crippen LogP contribution in [0.25, 0.3) is 11.3 Å². The minimum Gasteiger partial charge on any atom is -0.508 e. The van der Waals surface area contributed by atoms with Crippen LogP contribution in [-0.4, -0.2) is 32.5 Å². The van der Waals surface area contributed by atoms with E-state index in [0.717, 1.165) is 11.3 Å². The number of phenols is 1. The summed E-state index contributed by atoms with van der Waals surface area (Å²) in [7, 11) is 0. The normalized spacial score (nSPS) is 11.6. The molecular formula is C25H23N5O2. The minimum atomic E-state index is -0.702. The highest BCUT2D eigenvalue weighted by Crippen LogP contribution is 2.32. The van der Waals surface area contributed by atoms with E-state index in [0.29, 0.717) is 35.6 Å². The smallest absolute Gasteiger partial charge is 0.229 e. The molecule has 160 valence electrons. The lowest BCUT2D eigenvalue weighted by atomic mass is 9.91. The topological polar surface area (TPSA) is 114 Å². The van der Waals surface area contributed by atoms with E-state index in [1.165, 1.54) is 0 Å². The first-order valence-corrected chi connectivity index (χ1v) is 10.2. The fourth-order valence-corrected chi connectivity index (χ4v) is 3.57. The van der Waals surface area contributed by atoms with Crippen LogP contribution in [0.1, 0.15) is 22.7 Å². The number of phenolic OH excluding ortho intramolecular Hbond substituents is 1. The number of amides is 1. The van der Waals surface area contributed by atoms with Gasteiger partial charge in [0.25, 0.3) is 0 Å². The molecule has 0 spiro atoms. The number of primary amides is 1. The Balaban J connectivity index is 1.71. The summed E-state index contributed by atoms with van der Waals surface area (Å²) in [4.78, 5) is 25.7. The van der Waals surface area contributed by atoms with Crippen LogP contribution >= 0.6 is 0 Å². The number of nitrogens with zero attached hydrogens (tertiary/aromatic N) is 3. The van der Waals surface area contributed by atoms with Crippen molar-refractivity contribution < 1.29 is 9.90 Å². The van der Waals surface area contributed by atoms with E-state index in [9.17, 15) is 9.90 Å². The molecule has 0 aliphatic carbocycles. The molecule has 4 N–H and O–H groups in total. The second-order valence-electron chi connectivity index (χ2n) is 7.30. The highest BCUT2D eigenvalue weighted by atomic mass is 16.3. The first-order chi connectivity index (χ1) is 15.6. The summed E-state index contributed by atoms with van der Waals surface area (Å²) in [6, 6.07) is 19.9. The van der Waals surface area contributed by atoms with Gasteiger partial charge in [-0.2, -0.15) is 0 Å². The number of hydrogen-bond acceptors (Lipinski definition) is 6. The molecule has 4 rings (SSSR count). The van der Waals surface area contributed by atoms with E-state index in [2.05, 4.69) is 15.3 Å². The molecular weight excluding hydrogens is 402 g/mol. The van der Waals surface area contributed by atoms with Crippen molar-refractivity contribution in [3.8, 4) is 17.0 Å². The number of anilines is 1. The van der Waals surface area contributed by atoms with Crippen molar-refractivity contribution in [3.63, 3.8) is 0 Å². The molecule has 1 aromatic carbocycles. The van der Waals surface area contributed by atoms with Crippen LogP contribution in [0.5, 0.6) is 5.75 Å². The number of aromatic nitrogens is 3. The van der Waals surface area contributed by atoms with Gasteiger partial charge in [0.2, 0.25) is 5.91 Å². The standard InChI is InChI=1S/C25H23N5O2/c26-24(32)23(18-6-4-12-27-16-18)21-9-10-22(17-5-3-8-20(31)15-17)30-25(21)29-14-11-19-7-1-2-13-28-19/h1-10,12-13,15-16,23,31H,11,14H2,(H2,26,32)(H,29,30). The molecule has 0 aliphatic heterocycles. The summed E-state index contributed by atoms with van der Waals surface area (Å²) in [6.07, 6.45) is 5.73. The van der Waals surface area contributed by atoms with Crippen molar-refractivity contribution >= 4 is 11.7 Å². The first kappa shape index (κ1) is 21.0. The zero-order chi connectivity index (χ0) is 22.3. The summed E-state index contributed by atoms with van der Waals surface area (Å²) in [5.74, 6) is -0.484. The molecule has 1 amide bonds. The Kier molecular flexibility index (Phi) is 6.36. The molecule has 0 fully saturated rings. The van der Waals surface area contributed by atoms with E-state index in [4.69, 9.17) is 10.7 Å². The largest absolute Gasteiger partial charge is 0.508 e. The Morgan fingerprint density at radius 1 is 1.03 bits per heavy atom. The third-order valence-corrected chi connectivity index (χ3v) is 5.08. The number of pyridine rings is 3. The Morgan fingerprint density at radius 2 is 1.94 bits per heavy atom. The summed E-state index contributed by atoms with van der Waals surface area (Å²) in [5.41, 5.74) is 9.53. The number of hydrogen-bond donors (Lipinski definition) is 3. The Morgan fingerprint density at radius 3 is 2.66 bits per heavy atom. The van der Waals surface area contributed by atoms with Crippen molar-refractivity contribution in [1.29, 1.82) is 0 Å². The summed E-state index contributed by atoms with van der Waals surface area (Å²) >= 11 is 0. The number of nitrogens with one attached hydrogen (secondary N) is 1. The third kappa shape index (κ3) is 4.89. The van der Waals surface area contributed by atoms with Crippen molar-refractivity contribution in [2.24, 2.45) is 5.73 Å². The Bertz CT molecular complexity index is 1200. The summed E-state index contributed by atoms with van der Waals surface area (Å²) in [5, 5.41) is 13.2. The van der Waals surface area contributed by atoms with Gasteiger partial charge in [0, 0.05) is 48.4 Å². The van der Waals surface area contributed by atoms with E-state index >= 15 is 0 Å². The molecule has 0 saturated heterocycles. The molecule has 0 bridgehead atoms. The zero-order valence-corrected chi connectivity index (χ0v) is 17.3. The zero-order valence-electron chi connectivity index (χ0n) is 17.3. The van der Waals surface area contributed by atoms with Gasteiger partial charge in [0.1, 0.15) is 11.6 Å². The van der Waals surface area contributed by atoms with E-state index in [-0.39, 0.29) is 5.75 Å². The van der Waals surface area contributed by atoms with Gasteiger partial charge in [0.15, 0.2) is 0 Å². The Labute approximate surface area is 186 Å². The molecule has 4 aromatic rings. The lowest BCUT2D eigenvalue weighted by Gasteiger charge is -2.19. The van der Waals surface area contributed by atoms with E-state index in [1.807, 2.05) is 42.5 Å². The van der Waals surface area contributed by atoms with Gasteiger partial charge < -0.3 is 16.2 Å². The summed E-state index contributed by atoms with van der Waals surface area (Å²) in [6.45, 7) is 0.568. The van der Waals surface area contributed by atoms with Gasteiger partial charge in [-0.05, 0) is 42.0 Å². The number of benzene rings is 1. The number of aromatic hydroxyl groups is 1. The predicted molar refractivity (Wildman–Crippen MR) is 123 cm³/mol. The molecule has 3 aromatic heterocycles. The number of nitrogens with two attached hydrogens (primary N) is 1. The molecule has 0 aliphatic rings. The quantitative estimate of drug-likeness (QED) is 0.398. The van der Waals surface area contributed by atoms with Crippen LogP contribution < -0.4 is 11.1 Å². The second-order valence-corrected chi connectivity index (χ2v) is 7.30. The molecule has 0 radical (unpaired) electrons. The van der Waals surface area contributed by atoms with Gasteiger partial charge in [-0.25, -0.2) is 4.98 Å². The molecule has 1 atom stereocenters. The average Bonchev–Trinajstić information content (AvgIpc) is 2.81. The van der Waals surface area contributed by atoms with Crippen LogP contribution in [0, 0.1) is 0 Å².